The van der Waals surface area contributed by atoms with Gasteiger partial charge in [-0.05, 0) is 52.5 Å². The van der Waals surface area contributed by atoms with E-state index in [-0.39, 0.29) is 6.04 Å². The van der Waals surface area contributed by atoms with Gasteiger partial charge in [-0.2, -0.15) is 0 Å². The van der Waals surface area contributed by atoms with E-state index in [1.54, 1.807) is 0 Å². The molecule has 0 fully saturated rings. The molecule has 3 heteroatoms. The predicted octanol–water partition coefficient (Wildman–Crippen LogP) is 7.79. The molecule has 0 aliphatic carbocycles. The Bertz CT molecular complexity index is 1610. The third kappa shape index (κ3) is 7.41. The molecule has 0 aromatic heterocycles. The van der Waals surface area contributed by atoms with Crippen LogP contribution < -0.4 is 15.9 Å². The summed E-state index contributed by atoms with van der Waals surface area (Å²) in [6, 6.07) is 61.7. The second-order valence-corrected chi connectivity index (χ2v) is 13.3. The van der Waals surface area contributed by atoms with Gasteiger partial charge in [0.2, 0.25) is 0 Å². The fraction of sp³-hybridized carbons (Fsp3) is 0.122. The zero-order valence-electron chi connectivity index (χ0n) is 24.9. The van der Waals surface area contributed by atoms with E-state index < -0.39 is 14.0 Å². The first kappa shape index (κ1) is 29.7. The van der Waals surface area contributed by atoms with Crippen molar-refractivity contribution in [3.05, 3.63) is 198 Å². The third-order valence-corrected chi connectivity index (χ3v) is 10.6. The summed E-state index contributed by atoms with van der Waals surface area (Å²) in [4.78, 5) is 2.46. The summed E-state index contributed by atoms with van der Waals surface area (Å²) in [5.74, 6) is 0. The Labute approximate surface area is 263 Å². The molecule has 6 rings (SSSR count). The number of aliphatic hydroxyl groups excluding tert-OH is 1. The quantitative estimate of drug-likeness (QED) is 0.147. The molecule has 1 N–H and O–H groups in total. The van der Waals surface area contributed by atoms with Crippen molar-refractivity contribution in [3.8, 4) is 0 Å². The molecule has 0 radical (unpaired) electrons. The Morgan fingerprint density at radius 3 is 1.32 bits per heavy atom. The van der Waals surface area contributed by atoms with Crippen LogP contribution in [0.15, 0.2) is 176 Å². The molecular formula is C41H38NOP. The zero-order valence-corrected chi connectivity index (χ0v) is 25.8. The van der Waals surface area contributed by atoms with Gasteiger partial charge in [0.15, 0.2) is 0 Å². The standard InChI is InChI=1S/C41H38NOP/c43-41(38-28-16-17-29-40(38)44(36-24-12-4-13-25-36)37-26-14-5-15-27-37)39(30-33-18-6-1-7-19-33)42(31-34-20-8-2-9-21-34)32-35-22-10-3-11-23-35/h1-29,39,41,43H,30-32H2/t39-,41+/m0/s1. The van der Waals surface area contributed by atoms with E-state index in [2.05, 4.69) is 181 Å². The normalized spacial score (nSPS) is 12.7. The molecule has 0 spiro atoms. The Hall–Kier alpha value is -4.33. The number of benzene rings is 6. The fourth-order valence-electron chi connectivity index (χ4n) is 5.95. The highest BCUT2D eigenvalue weighted by Crippen LogP contribution is 2.37. The molecule has 0 saturated heterocycles. The molecule has 0 heterocycles. The van der Waals surface area contributed by atoms with E-state index in [0.29, 0.717) is 0 Å². The van der Waals surface area contributed by atoms with E-state index in [1.807, 2.05) is 0 Å². The van der Waals surface area contributed by atoms with E-state index in [4.69, 9.17) is 0 Å². The van der Waals surface area contributed by atoms with Gasteiger partial charge < -0.3 is 5.11 Å². The van der Waals surface area contributed by atoms with Crippen molar-refractivity contribution in [2.75, 3.05) is 0 Å². The molecule has 2 atom stereocenters. The van der Waals surface area contributed by atoms with Crippen molar-refractivity contribution in [1.29, 1.82) is 0 Å². The van der Waals surface area contributed by atoms with E-state index in [1.165, 1.54) is 32.6 Å². The molecule has 0 aliphatic rings. The van der Waals surface area contributed by atoms with Crippen molar-refractivity contribution in [2.45, 2.75) is 31.7 Å². The second kappa shape index (κ2) is 14.9. The summed E-state index contributed by atoms with van der Waals surface area (Å²) in [5, 5.41) is 16.4. The van der Waals surface area contributed by atoms with Crippen LogP contribution in [0.3, 0.4) is 0 Å². The first-order valence-corrected chi connectivity index (χ1v) is 16.6. The molecule has 0 bridgehead atoms. The highest BCUT2D eigenvalue weighted by atomic mass is 31.1. The molecule has 0 aliphatic heterocycles. The maximum absolute atomic E-state index is 12.7. The predicted molar refractivity (Wildman–Crippen MR) is 186 cm³/mol. The summed E-state index contributed by atoms with van der Waals surface area (Å²) in [7, 11) is -0.877. The van der Waals surface area contributed by atoms with Crippen LogP contribution in [0.25, 0.3) is 0 Å². The first-order chi connectivity index (χ1) is 21.8. The topological polar surface area (TPSA) is 23.5 Å². The van der Waals surface area contributed by atoms with E-state index >= 15 is 0 Å². The van der Waals surface area contributed by atoms with Crippen molar-refractivity contribution in [3.63, 3.8) is 0 Å². The molecule has 44 heavy (non-hydrogen) atoms. The molecule has 0 saturated carbocycles. The lowest BCUT2D eigenvalue weighted by Gasteiger charge is -2.37. The minimum Gasteiger partial charge on any atom is -0.387 e. The van der Waals surface area contributed by atoms with Gasteiger partial charge in [0, 0.05) is 19.1 Å². The number of rotatable bonds is 12. The van der Waals surface area contributed by atoms with Crippen LogP contribution in [0.5, 0.6) is 0 Å². The number of hydrogen-bond donors (Lipinski definition) is 1. The molecule has 6 aromatic rings. The lowest BCUT2D eigenvalue weighted by atomic mass is 9.93. The highest BCUT2D eigenvalue weighted by molar-refractivity contribution is 7.79. The first-order valence-electron chi connectivity index (χ1n) is 15.3. The Kier molecular flexibility index (Phi) is 10.1. The Balaban J connectivity index is 1.46. The van der Waals surface area contributed by atoms with Gasteiger partial charge in [0.25, 0.3) is 0 Å². The van der Waals surface area contributed by atoms with Gasteiger partial charge in [-0.15, -0.1) is 0 Å². The van der Waals surface area contributed by atoms with Crippen LogP contribution >= 0.6 is 7.92 Å². The Morgan fingerprint density at radius 1 is 0.455 bits per heavy atom. The number of hydrogen-bond acceptors (Lipinski definition) is 2. The van der Waals surface area contributed by atoms with Crippen LogP contribution in [0, 0.1) is 0 Å². The maximum atomic E-state index is 12.7. The largest absolute Gasteiger partial charge is 0.387 e. The van der Waals surface area contributed by atoms with Crippen LogP contribution in [0.2, 0.25) is 0 Å². The zero-order chi connectivity index (χ0) is 30.0. The number of nitrogens with zero attached hydrogens (tertiary/aromatic N) is 1. The molecule has 218 valence electrons. The summed E-state index contributed by atoms with van der Waals surface area (Å²) >= 11 is 0. The minimum atomic E-state index is -0.877. The fourth-order valence-corrected chi connectivity index (χ4v) is 8.45. The van der Waals surface area contributed by atoms with Crippen LogP contribution in [-0.4, -0.2) is 16.0 Å². The Morgan fingerprint density at radius 2 is 0.841 bits per heavy atom. The minimum absolute atomic E-state index is 0.164. The molecule has 0 unspecified atom stereocenters. The van der Waals surface area contributed by atoms with Crippen LogP contribution in [0.4, 0.5) is 0 Å². The van der Waals surface area contributed by atoms with Crippen molar-refractivity contribution < 1.29 is 5.11 Å². The smallest absolute Gasteiger partial charge is 0.0955 e. The SMILES string of the molecule is O[C@H](c1ccccc1P(c1ccccc1)c1ccccc1)[C@H](Cc1ccccc1)N(Cc1ccccc1)Cc1ccccc1. The maximum Gasteiger partial charge on any atom is 0.0955 e. The average Bonchev–Trinajstić information content (AvgIpc) is 3.09. The van der Waals surface area contributed by atoms with Gasteiger partial charge in [-0.1, -0.05) is 176 Å². The highest BCUT2D eigenvalue weighted by Gasteiger charge is 2.31. The number of aliphatic hydroxyl groups is 1. The molecule has 6 aromatic carbocycles. The van der Waals surface area contributed by atoms with E-state index in [0.717, 1.165) is 25.1 Å². The summed E-state index contributed by atoms with van der Waals surface area (Å²) in [5.41, 5.74) is 4.68. The van der Waals surface area contributed by atoms with Crippen molar-refractivity contribution in [2.24, 2.45) is 0 Å². The molecule has 0 amide bonds. The van der Waals surface area contributed by atoms with Gasteiger partial charge in [0.1, 0.15) is 0 Å². The van der Waals surface area contributed by atoms with E-state index in [9.17, 15) is 5.11 Å². The summed E-state index contributed by atoms with van der Waals surface area (Å²) < 4.78 is 0. The second-order valence-electron chi connectivity index (χ2n) is 11.1. The molecular weight excluding hydrogens is 553 g/mol. The summed E-state index contributed by atoms with van der Waals surface area (Å²) in [6.45, 7) is 1.47. The lowest BCUT2D eigenvalue weighted by molar-refractivity contribution is 0.0388. The third-order valence-electron chi connectivity index (χ3n) is 8.10. The van der Waals surface area contributed by atoms with Gasteiger partial charge in [0.05, 0.1) is 6.10 Å². The molecule has 2 nitrogen and oxygen atoms in total. The van der Waals surface area contributed by atoms with Crippen molar-refractivity contribution >= 4 is 23.8 Å². The average molecular weight is 592 g/mol. The van der Waals surface area contributed by atoms with Crippen LogP contribution in [0.1, 0.15) is 28.4 Å². The monoisotopic (exact) mass is 591 g/mol. The van der Waals surface area contributed by atoms with Gasteiger partial charge in [-0.3, -0.25) is 4.90 Å². The lowest BCUT2D eigenvalue weighted by Crippen LogP contribution is -2.42. The van der Waals surface area contributed by atoms with Gasteiger partial charge >= 0.3 is 0 Å². The van der Waals surface area contributed by atoms with Crippen molar-refractivity contribution in [1.82, 2.24) is 4.90 Å². The summed E-state index contributed by atoms with van der Waals surface area (Å²) in [6.07, 6.45) is 0.0150. The van der Waals surface area contributed by atoms with Crippen LogP contribution in [-0.2, 0) is 19.5 Å². The van der Waals surface area contributed by atoms with Gasteiger partial charge in [-0.25, -0.2) is 0 Å².